The molecule has 3 aromatic rings. The summed E-state index contributed by atoms with van der Waals surface area (Å²) in [6.07, 6.45) is -3.16. The van der Waals surface area contributed by atoms with Crippen LogP contribution < -0.4 is 15.6 Å². The zero-order valence-corrected chi connectivity index (χ0v) is 15.7. The van der Waals surface area contributed by atoms with Crippen molar-refractivity contribution in [3.8, 4) is 17.0 Å². The average Bonchev–Trinajstić information content (AvgIpc) is 2.73. The van der Waals surface area contributed by atoms with Crippen molar-refractivity contribution in [1.82, 2.24) is 14.9 Å². The Balaban J connectivity index is 1.49. The summed E-state index contributed by atoms with van der Waals surface area (Å²) in [7, 11) is 0. The van der Waals surface area contributed by atoms with Gasteiger partial charge >= 0.3 is 6.18 Å². The summed E-state index contributed by atoms with van der Waals surface area (Å²) in [6.45, 7) is -0.184. The van der Waals surface area contributed by atoms with Crippen molar-refractivity contribution in [1.29, 1.82) is 0 Å². The van der Waals surface area contributed by atoms with E-state index in [0.717, 1.165) is 22.3 Å². The molecule has 156 valence electrons. The van der Waals surface area contributed by atoms with Gasteiger partial charge in [0.1, 0.15) is 18.9 Å². The number of benzene rings is 2. The van der Waals surface area contributed by atoms with Crippen LogP contribution in [0.3, 0.4) is 0 Å². The molecule has 0 unspecified atom stereocenters. The third-order valence-corrected chi connectivity index (χ3v) is 4.12. The lowest BCUT2D eigenvalue weighted by molar-refractivity contribution is -0.137. The maximum atomic E-state index is 12.7. The van der Waals surface area contributed by atoms with Gasteiger partial charge in [0.05, 0.1) is 24.1 Å². The third kappa shape index (κ3) is 5.69. The number of ether oxygens (including phenoxy) is 1. The van der Waals surface area contributed by atoms with Crippen LogP contribution >= 0.6 is 0 Å². The first-order chi connectivity index (χ1) is 14.3. The summed E-state index contributed by atoms with van der Waals surface area (Å²) in [5.74, 6) is -0.394. The van der Waals surface area contributed by atoms with Crippen LogP contribution in [0.15, 0.2) is 71.8 Å². The zero-order valence-electron chi connectivity index (χ0n) is 15.7. The number of hydrogen-bond acceptors (Lipinski definition) is 4. The van der Waals surface area contributed by atoms with Crippen molar-refractivity contribution in [3.63, 3.8) is 0 Å². The SMILES string of the molecule is O=C(Cn1cnc(-c2ccccc2)cc1=O)NCCOc1cccc(C(F)(F)F)c1. The van der Waals surface area contributed by atoms with Gasteiger partial charge in [0.25, 0.3) is 5.56 Å². The predicted molar refractivity (Wildman–Crippen MR) is 104 cm³/mol. The number of nitrogens with one attached hydrogen (secondary N) is 1. The van der Waals surface area contributed by atoms with Gasteiger partial charge in [-0.3, -0.25) is 14.2 Å². The number of carbonyl (C=O) groups is 1. The smallest absolute Gasteiger partial charge is 0.416 e. The fraction of sp³-hybridized carbons (Fsp3) is 0.190. The molecule has 0 aliphatic heterocycles. The number of alkyl halides is 3. The summed E-state index contributed by atoms with van der Waals surface area (Å²) in [4.78, 5) is 28.4. The Bertz CT molecular complexity index is 1070. The summed E-state index contributed by atoms with van der Waals surface area (Å²) >= 11 is 0. The predicted octanol–water partition coefficient (Wildman–Crippen LogP) is 3.12. The summed E-state index contributed by atoms with van der Waals surface area (Å²) in [6, 6.07) is 15.0. The number of rotatable bonds is 7. The van der Waals surface area contributed by atoms with E-state index in [1.165, 1.54) is 24.5 Å². The molecule has 0 fully saturated rings. The van der Waals surface area contributed by atoms with E-state index in [1.807, 2.05) is 30.3 Å². The van der Waals surface area contributed by atoms with Crippen molar-refractivity contribution in [2.45, 2.75) is 12.7 Å². The van der Waals surface area contributed by atoms with Crippen LogP contribution in [0.25, 0.3) is 11.3 Å². The first-order valence-corrected chi connectivity index (χ1v) is 9.01. The molecule has 3 rings (SSSR count). The summed E-state index contributed by atoms with van der Waals surface area (Å²) in [5.41, 5.74) is 0.110. The van der Waals surface area contributed by atoms with Gasteiger partial charge in [-0.15, -0.1) is 0 Å². The third-order valence-electron chi connectivity index (χ3n) is 4.12. The molecule has 1 N–H and O–H groups in total. The molecule has 0 radical (unpaired) electrons. The maximum Gasteiger partial charge on any atom is 0.416 e. The first-order valence-electron chi connectivity index (χ1n) is 9.01. The molecule has 1 aromatic heterocycles. The Morgan fingerprint density at radius 3 is 2.53 bits per heavy atom. The molecule has 2 aromatic carbocycles. The highest BCUT2D eigenvalue weighted by Gasteiger charge is 2.30. The molecule has 0 spiro atoms. The number of hydrogen-bond donors (Lipinski definition) is 1. The van der Waals surface area contributed by atoms with E-state index in [0.29, 0.717) is 5.69 Å². The minimum Gasteiger partial charge on any atom is -0.492 e. The monoisotopic (exact) mass is 417 g/mol. The number of nitrogens with zero attached hydrogens (tertiary/aromatic N) is 2. The highest BCUT2D eigenvalue weighted by Crippen LogP contribution is 2.31. The molecule has 1 heterocycles. The van der Waals surface area contributed by atoms with E-state index >= 15 is 0 Å². The zero-order chi connectivity index (χ0) is 21.6. The highest BCUT2D eigenvalue weighted by atomic mass is 19.4. The Morgan fingerprint density at radius 2 is 1.83 bits per heavy atom. The lowest BCUT2D eigenvalue weighted by Gasteiger charge is -2.11. The van der Waals surface area contributed by atoms with Crippen LogP contribution in [0.1, 0.15) is 5.56 Å². The first kappa shape index (κ1) is 21.1. The molecule has 0 atom stereocenters. The fourth-order valence-electron chi connectivity index (χ4n) is 2.64. The van der Waals surface area contributed by atoms with E-state index in [1.54, 1.807) is 0 Å². The molecule has 1 amide bonds. The molecule has 30 heavy (non-hydrogen) atoms. The number of amides is 1. The van der Waals surface area contributed by atoms with E-state index in [4.69, 9.17) is 4.74 Å². The van der Waals surface area contributed by atoms with Gasteiger partial charge in [-0.1, -0.05) is 36.4 Å². The Hall–Kier alpha value is -3.62. The average molecular weight is 417 g/mol. The Kier molecular flexibility index (Phi) is 6.51. The van der Waals surface area contributed by atoms with Crippen LogP contribution in [-0.2, 0) is 17.5 Å². The van der Waals surface area contributed by atoms with Crippen LogP contribution in [0.2, 0.25) is 0 Å². The lowest BCUT2D eigenvalue weighted by atomic mass is 10.1. The topological polar surface area (TPSA) is 73.2 Å². The van der Waals surface area contributed by atoms with Crippen LogP contribution in [0.5, 0.6) is 5.75 Å². The Labute approximate surface area is 170 Å². The van der Waals surface area contributed by atoms with Gasteiger partial charge in [-0.05, 0) is 18.2 Å². The van der Waals surface area contributed by atoms with Crippen molar-refractivity contribution < 1.29 is 22.7 Å². The number of halogens is 3. The molecule has 0 bridgehead atoms. The maximum absolute atomic E-state index is 12.7. The minimum absolute atomic E-state index is 0.0207. The van der Waals surface area contributed by atoms with Gasteiger partial charge < -0.3 is 10.1 Å². The largest absolute Gasteiger partial charge is 0.492 e. The fourth-order valence-corrected chi connectivity index (χ4v) is 2.64. The minimum atomic E-state index is -4.45. The van der Waals surface area contributed by atoms with E-state index in [2.05, 4.69) is 10.3 Å². The van der Waals surface area contributed by atoms with Crippen LogP contribution in [-0.4, -0.2) is 28.6 Å². The van der Waals surface area contributed by atoms with Gasteiger partial charge in [0, 0.05) is 11.6 Å². The molecule has 0 saturated carbocycles. The van der Waals surface area contributed by atoms with Crippen LogP contribution in [0, 0.1) is 0 Å². The van der Waals surface area contributed by atoms with Crippen molar-refractivity contribution in [2.75, 3.05) is 13.2 Å². The standard InChI is InChI=1S/C21H18F3N3O3/c22-21(23,24)16-7-4-8-17(11-16)30-10-9-25-19(28)13-27-14-26-18(12-20(27)29)15-5-2-1-3-6-15/h1-8,11-12,14H,9-10,13H2,(H,25,28). The van der Waals surface area contributed by atoms with E-state index in [-0.39, 0.29) is 31.0 Å². The Morgan fingerprint density at radius 1 is 1.07 bits per heavy atom. The lowest BCUT2D eigenvalue weighted by Crippen LogP contribution is -2.34. The molecule has 0 aliphatic rings. The molecular formula is C21H18F3N3O3. The summed E-state index contributed by atoms with van der Waals surface area (Å²) < 4.78 is 44.4. The highest BCUT2D eigenvalue weighted by molar-refractivity contribution is 5.75. The van der Waals surface area contributed by atoms with Gasteiger partial charge in [-0.25, -0.2) is 4.98 Å². The second kappa shape index (κ2) is 9.25. The van der Waals surface area contributed by atoms with E-state index in [9.17, 15) is 22.8 Å². The van der Waals surface area contributed by atoms with Crippen LogP contribution in [0.4, 0.5) is 13.2 Å². The van der Waals surface area contributed by atoms with Crippen molar-refractivity contribution in [3.05, 3.63) is 82.9 Å². The normalized spacial score (nSPS) is 11.2. The van der Waals surface area contributed by atoms with Crippen molar-refractivity contribution >= 4 is 5.91 Å². The number of aromatic nitrogens is 2. The molecule has 6 nitrogen and oxygen atoms in total. The molecule has 0 saturated heterocycles. The van der Waals surface area contributed by atoms with Crippen molar-refractivity contribution in [2.24, 2.45) is 0 Å². The summed E-state index contributed by atoms with van der Waals surface area (Å²) in [5, 5.41) is 2.55. The van der Waals surface area contributed by atoms with Gasteiger partial charge in [0.2, 0.25) is 5.91 Å². The molecule has 9 heteroatoms. The van der Waals surface area contributed by atoms with Gasteiger partial charge in [-0.2, -0.15) is 13.2 Å². The second-order valence-electron chi connectivity index (χ2n) is 6.33. The molecule has 0 aliphatic carbocycles. The van der Waals surface area contributed by atoms with Gasteiger partial charge in [0.15, 0.2) is 0 Å². The quantitative estimate of drug-likeness (QED) is 0.600. The van der Waals surface area contributed by atoms with E-state index < -0.39 is 17.6 Å². The second-order valence-corrected chi connectivity index (χ2v) is 6.33. The number of carbonyl (C=O) groups excluding carboxylic acids is 1. The molecular weight excluding hydrogens is 399 g/mol.